The number of fused-ring (bicyclic) bond motifs is 5. The molecule has 4 nitrogen and oxygen atoms in total. The van der Waals surface area contributed by atoms with Crippen molar-refractivity contribution in [3.8, 4) is 0 Å². The first-order valence-corrected chi connectivity index (χ1v) is 10.3. The maximum atomic E-state index is 16.9. The number of rotatable bonds is 1. The molecule has 0 aromatic heterocycles. The molecule has 0 bridgehead atoms. The molecule has 2 N–H and O–H groups in total. The van der Waals surface area contributed by atoms with Gasteiger partial charge in [0.25, 0.3) is 0 Å². The van der Waals surface area contributed by atoms with Crippen molar-refractivity contribution in [2.45, 2.75) is 83.3 Å². The first-order valence-electron chi connectivity index (χ1n) is 10.3. The van der Waals surface area contributed by atoms with E-state index >= 15 is 8.78 Å². The topological polar surface area (TPSA) is 74.6 Å². The summed E-state index contributed by atoms with van der Waals surface area (Å²) in [5, 5.41) is 22.4. The Morgan fingerprint density at radius 3 is 2.50 bits per heavy atom. The Morgan fingerprint density at radius 1 is 1.25 bits per heavy atom. The highest BCUT2D eigenvalue weighted by atomic mass is 19.1. The molecular formula is C22H30F2O4. The Labute approximate surface area is 164 Å². The number of aliphatic hydroxyl groups excluding tert-OH is 1. The van der Waals surface area contributed by atoms with E-state index in [0.29, 0.717) is 6.42 Å². The molecule has 0 aliphatic heterocycles. The molecule has 0 heterocycles. The second-order valence-electron chi connectivity index (χ2n) is 10.2. The molecule has 3 fully saturated rings. The van der Waals surface area contributed by atoms with E-state index in [0.717, 1.165) is 0 Å². The van der Waals surface area contributed by atoms with Gasteiger partial charge in [0.2, 0.25) is 0 Å². The van der Waals surface area contributed by atoms with E-state index in [2.05, 4.69) is 0 Å². The van der Waals surface area contributed by atoms with Gasteiger partial charge in [-0.05, 0) is 56.1 Å². The molecule has 3 saturated carbocycles. The minimum Gasteiger partial charge on any atom is -0.390 e. The zero-order chi connectivity index (χ0) is 20.9. The van der Waals surface area contributed by atoms with E-state index in [9.17, 15) is 19.8 Å². The monoisotopic (exact) mass is 396 g/mol. The Bertz CT molecular complexity index is 780. The standard InChI is InChI=1S/C22H30F2O4/c1-11-7-14-15-9-17(23)16-8-13(26)5-6-19(16,3)21(15,24)18(27)10-20(14,4)22(11,28)12(2)25/h8,11,14-15,17-18,27-28H,5-7,9-10H2,1-4H3/t11-,14?,15?,17+,18+,19+,20+,21+,22+/m1/s1. The Morgan fingerprint density at radius 2 is 1.89 bits per heavy atom. The van der Waals surface area contributed by atoms with Gasteiger partial charge in [0.15, 0.2) is 11.6 Å². The summed E-state index contributed by atoms with van der Waals surface area (Å²) in [6.07, 6.45) is -1.14. The van der Waals surface area contributed by atoms with Gasteiger partial charge < -0.3 is 10.2 Å². The molecule has 156 valence electrons. The van der Waals surface area contributed by atoms with Crippen LogP contribution in [-0.2, 0) is 9.59 Å². The van der Waals surface area contributed by atoms with Crippen LogP contribution in [0.1, 0.15) is 59.8 Å². The fourth-order valence-corrected chi connectivity index (χ4v) is 7.65. The number of alkyl halides is 2. The van der Waals surface area contributed by atoms with Crippen LogP contribution < -0.4 is 0 Å². The van der Waals surface area contributed by atoms with E-state index in [1.54, 1.807) is 20.8 Å². The SMILES string of the molecule is CC(=O)[C@@]1(O)[C@H](C)CC2C3C[C@H](F)C4=CC(=O)CC[C@]4(C)[C@@]3(F)[C@@H](O)C[C@@]21C. The summed E-state index contributed by atoms with van der Waals surface area (Å²) in [7, 11) is 0. The molecule has 2 unspecified atom stereocenters. The number of halogens is 2. The molecule has 6 heteroatoms. The van der Waals surface area contributed by atoms with Crippen LogP contribution in [0.4, 0.5) is 8.78 Å². The average Bonchev–Trinajstić information content (AvgIpc) is 2.81. The molecule has 0 aromatic rings. The predicted molar refractivity (Wildman–Crippen MR) is 98.9 cm³/mol. The largest absolute Gasteiger partial charge is 0.390 e. The highest BCUT2D eigenvalue weighted by Gasteiger charge is 2.76. The van der Waals surface area contributed by atoms with Gasteiger partial charge in [-0.3, -0.25) is 9.59 Å². The number of hydrogen-bond acceptors (Lipinski definition) is 4. The third-order valence-electron chi connectivity index (χ3n) is 9.14. The minimum absolute atomic E-state index is 0.0567. The molecule has 28 heavy (non-hydrogen) atoms. The lowest BCUT2D eigenvalue weighted by molar-refractivity contribution is -0.232. The van der Waals surface area contributed by atoms with Crippen molar-refractivity contribution in [3.05, 3.63) is 11.6 Å². The van der Waals surface area contributed by atoms with Crippen molar-refractivity contribution < 1.29 is 28.6 Å². The molecule has 0 radical (unpaired) electrons. The highest BCUT2D eigenvalue weighted by molar-refractivity contribution is 5.92. The fraction of sp³-hybridized carbons (Fsp3) is 0.818. The molecule has 4 aliphatic rings. The normalized spacial score (nSPS) is 55.8. The zero-order valence-electron chi connectivity index (χ0n) is 17.0. The maximum absolute atomic E-state index is 16.9. The summed E-state index contributed by atoms with van der Waals surface area (Å²) in [6, 6.07) is 0. The summed E-state index contributed by atoms with van der Waals surface area (Å²) < 4.78 is 32.1. The van der Waals surface area contributed by atoms with Gasteiger partial charge in [0, 0.05) is 23.2 Å². The van der Waals surface area contributed by atoms with Crippen molar-refractivity contribution >= 4 is 11.6 Å². The molecule has 4 rings (SSSR count). The van der Waals surface area contributed by atoms with Crippen LogP contribution in [0.2, 0.25) is 0 Å². The van der Waals surface area contributed by atoms with Crippen LogP contribution in [0.5, 0.6) is 0 Å². The van der Waals surface area contributed by atoms with Crippen molar-refractivity contribution in [1.29, 1.82) is 0 Å². The third kappa shape index (κ3) is 2.01. The van der Waals surface area contributed by atoms with Crippen LogP contribution in [0, 0.1) is 28.6 Å². The second kappa shape index (κ2) is 5.72. The van der Waals surface area contributed by atoms with Gasteiger partial charge in [0.1, 0.15) is 17.4 Å². The predicted octanol–water partition coefficient (Wildman–Crippen LogP) is 3.10. The summed E-state index contributed by atoms with van der Waals surface area (Å²) >= 11 is 0. The number of allylic oxidation sites excluding steroid dienone is 1. The minimum atomic E-state index is -2.09. The van der Waals surface area contributed by atoms with Crippen molar-refractivity contribution in [1.82, 2.24) is 0 Å². The second-order valence-corrected chi connectivity index (χ2v) is 10.2. The van der Waals surface area contributed by atoms with Gasteiger partial charge >= 0.3 is 0 Å². The quantitative estimate of drug-likeness (QED) is 0.714. The van der Waals surface area contributed by atoms with E-state index in [1.807, 2.05) is 0 Å². The van der Waals surface area contributed by atoms with Gasteiger partial charge in [-0.1, -0.05) is 20.8 Å². The Kier molecular flexibility index (Phi) is 4.12. The smallest absolute Gasteiger partial charge is 0.162 e. The molecule has 0 spiro atoms. The molecule has 0 saturated heterocycles. The summed E-state index contributed by atoms with van der Waals surface area (Å²) in [5.41, 5.74) is -5.86. The number of carbonyl (C=O) groups excluding carboxylic acids is 2. The lowest BCUT2D eigenvalue weighted by Gasteiger charge is -2.63. The van der Waals surface area contributed by atoms with Crippen LogP contribution >= 0.6 is 0 Å². The molecule has 4 aliphatic carbocycles. The van der Waals surface area contributed by atoms with Gasteiger partial charge in [-0.25, -0.2) is 8.78 Å². The van der Waals surface area contributed by atoms with E-state index in [1.165, 1.54) is 13.0 Å². The van der Waals surface area contributed by atoms with Gasteiger partial charge in [-0.15, -0.1) is 0 Å². The molecule has 0 aromatic carbocycles. The van der Waals surface area contributed by atoms with Gasteiger partial charge in [-0.2, -0.15) is 0 Å². The van der Waals surface area contributed by atoms with E-state index in [4.69, 9.17) is 0 Å². The first-order chi connectivity index (χ1) is 12.8. The lowest BCUT2D eigenvalue weighted by Crippen LogP contribution is -2.70. The van der Waals surface area contributed by atoms with E-state index in [-0.39, 0.29) is 42.8 Å². The summed E-state index contributed by atoms with van der Waals surface area (Å²) in [5.74, 6) is -2.22. The van der Waals surface area contributed by atoms with Gasteiger partial charge in [0.05, 0.1) is 6.10 Å². The lowest BCUT2D eigenvalue weighted by atomic mass is 9.43. The number of aliphatic hydroxyl groups is 2. The third-order valence-corrected chi connectivity index (χ3v) is 9.14. The van der Waals surface area contributed by atoms with Crippen molar-refractivity contribution in [2.75, 3.05) is 0 Å². The number of ketones is 2. The van der Waals surface area contributed by atoms with Crippen LogP contribution in [0.15, 0.2) is 11.6 Å². The fourth-order valence-electron chi connectivity index (χ4n) is 7.65. The Hall–Kier alpha value is -1.14. The van der Waals surface area contributed by atoms with Crippen LogP contribution in [-0.4, -0.2) is 45.3 Å². The number of Topliss-reactive ketones (excluding diaryl/α,β-unsaturated/α-hetero) is 1. The molecular weight excluding hydrogens is 366 g/mol. The number of hydrogen-bond donors (Lipinski definition) is 2. The Balaban J connectivity index is 1.87. The van der Waals surface area contributed by atoms with Crippen molar-refractivity contribution in [3.63, 3.8) is 0 Å². The summed E-state index contributed by atoms with van der Waals surface area (Å²) in [4.78, 5) is 24.3. The zero-order valence-corrected chi connectivity index (χ0v) is 17.0. The first kappa shape index (κ1) is 20.1. The van der Waals surface area contributed by atoms with Crippen LogP contribution in [0.25, 0.3) is 0 Å². The summed E-state index contributed by atoms with van der Waals surface area (Å²) in [6.45, 7) is 6.49. The molecule has 9 atom stereocenters. The molecule has 0 amide bonds. The number of carbonyl (C=O) groups is 2. The highest BCUT2D eigenvalue weighted by Crippen LogP contribution is 2.71. The maximum Gasteiger partial charge on any atom is 0.162 e. The van der Waals surface area contributed by atoms with Crippen molar-refractivity contribution in [2.24, 2.45) is 28.6 Å². The average molecular weight is 396 g/mol. The van der Waals surface area contributed by atoms with Crippen LogP contribution in [0.3, 0.4) is 0 Å². The van der Waals surface area contributed by atoms with E-state index < -0.39 is 52.1 Å².